The Bertz CT molecular complexity index is 597. The summed E-state index contributed by atoms with van der Waals surface area (Å²) in [7, 11) is 1.30. The molecule has 2 amide bonds. The number of amides is 2. The summed E-state index contributed by atoms with van der Waals surface area (Å²) in [5.41, 5.74) is 0.747. The van der Waals surface area contributed by atoms with Gasteiger partial charge >= 0.3 is 6.09 Å². The van der Waals surface area contributed by atoms with E-state index in [1.165, 1.54) is 12.0 Å². The van der Waals surface area contributed by atoms with Crippen molar-refractivity contribution in [2.75, 3.05) is 33.4 Å². The molecule has 1 aliphatic rings. The number of ether oxygens (including phenoxy) is 1. The number of hydrogen-bond donors (Lipinski definition) is 1. The molecule has 0 aliphatic carbocycles. The van der Waals surface area contributed by atoms with Crippen molar-refractivity contribution in [3.8, 4) is 0 Å². The number of methoxy groups -OCH3 is 1. The number of benzene rings is 1. The Labute approximate surface area is 144 Å². The molecule has 0 aromatic heterocycles. The van der Waals surface area contributed by atoms with Gasteiger partial charge in [-0.15, -0.1) is 0 Å². The van der Waals surface area contributed by atoms with Gasteiger partial charge in [-0.05, 0) is 17.7 Å². The molecule has 1 heterocycles. The van der Waals surface area contributed by atoms with E-state index < -0.39 is 12.1 Å². The van der Waals surface area contributed by atoms with E-state index in [1.54, 1.807) is 23.1 Å². The lowest BCUT2D eigenvalue weighted by Crippen LogP contribution is -2.58. The summed E-state index contributed by atoms with van der Waals surface area (Å²) in [4.78, 5) is 27.1. The molecule has 1 fully saturated rings. The molecule has 1 aromatic rings. The van der Waals surface area contributed by atoms with E-state index in [2.05, 4.69) is 4.74 Å². The predicted octanol–water partition coefficient (Wildman–Crippen LogP) is 1.81. The highest BCUT2D eigenvalue weighted by Crippen LogP contribution is 2.23. The van der Waals surface area contributed by atoms with Crippen LogP contribution in [0.25, 0.3) is 0 Å². The summed E-state index contributed by atoms with van der Waals surface area (Å²) >= 11 is 11.8. The van der Waals surface area contributed by atoms with Gasteiger partial charge in [-0.1, -0.05) is 29.3 Å². The zero-order chi connectivity index (χ0) is 17.0. The van der Waals surface area contributed by atoms with Gasteiger partial charge in [-0.3, -0.25) is 4.79 Å². The van der Waals surface area contributed by atoms with Crippen molar-refractivity contribution in [1.29, 1.82) is 0 Å². The van der Waals surface area contributed by atoms with Gasteiger partial charge in [0.2, 0.25) is 5.91 Å². The second-order valence-corrected chi connectivity index (χ2v) is 6.08. The fourth-order valence-electron chi connectivity index (χ4n) is 2.56. The van der Waals surface area contributed by atoms with E-state index in [4.69, 9.17) is 23.2 Å². The molecule has 0 spiro atoms. The number of piperazine rings is 1. The predicted molar refractivity (Wildman–Crippen MR) is 86.7 cm³/mol. The number of aliphatic hydroxyl groups is 1. The number of nitrogens with zero attached hydrogens (tertiary/aromatic N) is 2. The van der Waals surface area contributed by atoms with Gasteiger partial charge in [-0.2, -0.15) is 0 Å². The van der Waals surface area contributed by atoms with E-state index in [0.29, 0.717) is 23.1 Å². The van der Waals surface area contributed by atoms with Gasteiger partial charge in [0.25, 0.3) is 0 Å². The van der Waals surface area contributed by atoms with Crippen LogP contribution in [0.1, 0.15) is 5.56 Å². The SMILES string of the molecule is COC(=O)N1CCN(C(=O)Cc2ccc(Cl)c(Cl)c2)C(CO)C1. The van der Waals surface area contributed by atoms with Gasteiger partial charge in [0.15, 0.2) is 0 Å². The molecule has 1 atom stereocenters. The summed E-state index contributed by atoms with van der Waals surface area (Å²) < 4.78 is 4.67. The highest BCUT2D eigenvalue weighted by atomic mass is 35.5. The molecular formula is C15H18Cl2N2O4. The van der Waals surface area contributed by atoms with Crippen LogP contribution in [0.2, 0.25) is 10.0 Å². The molecule has 126 valence electrons. The molecule has 1 N–H and O–H groups in total. The van der Waals surface area contributed by atoms with Gasteiger partial charge in [0.1, 0.15) is 0 Å². The Kier molecular flexibility index (Phi) is 6.10. The highest BCUT2D eigenvalue weighted by molar-refractivity contribution is 6.42. The zero-order valence-electron chi connectivity index (χ0n) is 12.7. The van der Waals surface area contributed by atoms with Crippen molar-refractivity contribution in [2.45, 2.75) is 12.5 Å². The maximum atomic E-state index is 12.5. The van der Waals surface area contributed by atoms with Crippen molar-refractivity contribution in [1.82, 2.24) is 9.80 Å². The lowest BCUT2D eigenvalue weighted by atomic mass is 10.1. The summed E-state index contributed by atoms with van der Waals surface area (Å²) in [5, 5.41) is 10.3. The third-order valence-corrected chi connectivity index (χ3v) is 4.53. The number of hydrogen-bond acceptors (Lipinski definition) is 4. The highest BCUT2D eigenvalue weighted by Gasteiger charge is 2.32. The van der Waals surface area contributed by atoms with Crippen LogP contribution in [0.4, 0.5) is 4.79 Å². The average Bonchev–Trinajstić information content (AvgIpc) is 2.56. The van der Waals surface area contributed by atoms with E-state index in [1.807, 2.05) is 0 Å². The summed E-state index contributed by atoms with van der Waals surface area (Å²) in [6.45, 7) is 0.744. The standard InChI is InChI=1S/C15H18Cl2N2O4/c1-23-15(22)18-4-5-19(11(8-18)9-20)14(21)7-10-2-3-12(16)13(17)6-10/h2-3,6,11,20H,4-5,7-9H2,1H3. The van der Waals surface area contributed by atoms with Crippen LogP contribution in [0.15, 0.2) is 18.2 Å². The molecule has 0 saturated carbocycles. The van der Waals surface area contributed by atoms with Crippen LogP contribution >= 0.6 is 23.2 Å². The smallest absolute Gasteiger partial charge is 0.409 e. The van der Waals surface area contributed by atoms with E-state index >= 15 is 0 Å². The second kappa shape index (κ2) is 7.86. The maximum absolute atomic E-state index is 12.5. The third kappa shape index (κ3) is 4.28. The van der Waals surface area contributed by atoms with Crippen LogP contribution in [0.5, 0.6) is 0 Å². The van der Waals surface area contributed by atoms with Crippen LogP contribution in [0, 0.1) is 0 Å². The molecule has 6 nitrogen and oxygen atoms in total. The molecule has 0 radical (unpaired) electrons. The van der Waals surface area contributed by atoms with Crippen LogP contribution in [0.3, 0.4) is 0 Å². The number of rotatable bonds is 3. The normalized spacial score (nSPS) is 18.0. The maximum Gasteiger partial charge on any atom is 0.409 e. The Balaban J connectivity index is 2.03. The Morgan fingerprint density at radius 3 is 2.65 bits per heavy atom. The Morgan fingerprint density at radius 1 is 1.30 bits per heavy atom. The van der Waals surface area contributed by atoms with Crippen molar-refractivity contribution in [2.24, 2.45) is 0 Å². The minimum absolute atomic E-state index is 0.132. The molecule has 1 aliphatic heterocycles. The first kappa shape index (κ1) is 17.8. The number of carbonyl (C=O) groups is 2. The molecule has 23 heavy (non-hydrogen) atoms. The largest absolute Gasteiger partial charge is 0.453 e. The molecule has 1 unspecified atom stereocenters. The Morgan fingerprint density at radius 2 is 2.04 bits per heavy atom. The van der Waals surface area contributed by atoms with Crippen molar-refractivity contribution < 1.29 is 19.4 Å². The van der Waals surface area contributed by atoms with Crippen molar-refractivity contribution >= 4 is 35.2 Å². The minimum Gasteiger partial charge on any atom is -0.453 e. The Hall–Kier alpha value is -1.50. The fraction of sp³-hybridized carbons (Fsp3) is 0.467. The molecular weight excluding hydrogens is 343 g/mol. The summed E-state index contributed by atoms with van der Waals surface area (Å²) in [6, 6.07) is 4.59. The monoisotopic (exact) mass is 360 g/mol. The van der Waals surface area contributed by atoms with Gasteiger partial charge in [0, 0.05) is 19.6 Å². The van der Waals surface area contributed by atoms with E-state index in [-0.39, 0.29) is 25.5 Å². The first-order chi connectivity index (χ1) is 11.0. The molecule has 8 heteroatoms. The van der Waals surface area contributed by atoms with Crippen molar-refractivity contribution in [3.05, 3.63) is 33.8 Å². The van der Waals surface area contributed by atoms with Gasteiger partial charge in [0.05, 0.1) is 36.2 Å². The first-order valence-corrected chi connectivity index (χ1v) is 7.89. The van der Waals surface area contributed by atoms with Gasteiger partial charge in [-0.25, -0.2) is 4.79 Å². The lowest BCUT2D eigenvalue weighted by Gasteiger charge is -2.40. The minimum atomic E-state index is -0.458. The summed E-state index contributed by atoms with van der Waals surface area (Å²) in [6.07, 6.45) is -0.300. The topological polar surface area (TPSA) is 70.1 Å². The fourth-order valence-corrected chi connectivity index (χ4v) is 2.88. The number of aliphatic hydroxyl groups excluding tert-OH is 1. The van der Waals surface area contributed by atoms with Gasteiger partial charge < -0.3 is 19.6 Å². The number of carbonyl (C=O) groups excluding carboxylic acids is 2. The van der Waals surface area contributed by atoms with Crippen LogP contribution in [-0.2, 0) is 16.0 Å². The van der Waals surface area contributed by atoms with E-state index in [9.17, 15) is 14.7 Å². The molecule has 1 saturated heterocycles. The third-order valence-electron chi connectivity index (χ3n) is 3.79. The van der Waals surface area contributed by atoms with Crippen LogP contribution in [-0.4, -0.2) is 66.3 Å². The molecule has 0 bridgehead atoms. The zero-order valence-corrected chi connectivity index (χ0v) is 14.2. The van der Waals surface area contributed by atoms with E-state index in [0.717, 1.165) is 5.56 Å². The quantitative estimate of drug-likeness (QED) is 0.892. The second-order valence-electron chi connectivity index (χ2n) is 5.26. The molecule has 1 aromatic carbocycles. The molecule has 2 rings (SSSR count). The average molecular weight is 361 g/mol. The summed E-state index contributed by atoms with van der Waals surface area (Å²) in [5.74, 6) is -0.132. The first-order valence-electron chi connectivity index (χ1n) is 7.13. The number of halogens is 2. The lowest BCUT2D eigenvalue weighted by molar-refractivity contribution is -0.136. The van der Waals surface area contributed by atoms with Crippen molar-refractivity contribution in [3.63, 3.8) is 0 Å². The van der Waals surface area contributed by atoms with Crippen LogP contribution < -0.4 is 0 Å².